The zero-order valence-electron chi connectivity index (χ0n) is 15.0. The van der Waals surface area contributed by atoms with Crippen LogP contribution in [0.1, 0.15) is 16.7 Å². The summed E-state index contributed by atoms with van der Waals surface area (Å²) in [5, 5.41) is 4.01. The average molecular weight is 380 g/mol. The van der Waals surface area contributed by atoms with Crippen molar-refractivity contribution in [2.24, 2.45) is 0 Å². The Labute approximate surface area is 164 Å². The molecule has 4 heteroatoms. The second kappa shape index (κ2) is 9.91. The van der Waals surface area contributed by atoms with Gasteiger partial charge in [-0.2, -0.15) is 0 Å². The maximum absolute atomic E-state index is 12.7. The van der Waals surface area contributed by atoms with Gasteiger partial charge in [-0.25, -0.2) is 0 Å². The molecule has 27 heavy (non-hydrogen) atoms. The van der Waals surface area contributed by atoms with Crippen LogP contribution in [0.25, 0.3) is 0 Å². The molecule has 3 aromatic carbocycles. The molecule has 3 nitrogen and oxygen atoms in total. The summed E-state index contributed by atoms with van der Waals surface area (Å²) in [7, 11) is 0. The van der Waals surface area contributed by atoms with Crippen LogP contribution in [0.3, 0.4) is 0 Å². The number of hydrogen-bond donors (Lipinski definition) is 1. The first kappa shape index (κ1) is 19.2. The van der Waals surface area contributed by atoms with Crippen LogP contribution in [-0.2, 0) is 29.1 Å². The van der Waals surface area contributed by atoms with Crippen molar-refractivity contribution in [1.29, 1.82) is 0 Å². The van der Waals surface area contributed by atoms with Gasteiger partial charge in [0.05, 0.1) is 0 Å². The standard InChI is InChI=1S/C23H22ClNO2/c24-21-13-11-18(12-14-21)15-22(25-16-19-7-3-1-4-8-19)23(26)27-17-20-9-5-2-6-10-20/h1-14,22,25H,15-17H2. The minimum Gasteiger partial charge on any atom is -0.460 e. The van der Waals surface area contributed by atoms with E-state index >= 15 is 0 Å². The number of esters is 1. The average Bonchev–Trinajstić information content (AvgIpc) is 2.72. The van der Waals surface area contributed by atoms with Crippen molar-refractivity contribution in [2.45, 2.75) is 25.6 Å². The fraction of sp³-hybridized carbons (Fsp3) is 0.174. The van der Waals surface area contributed by atoms with Crippen LogP contribution in [0.15, 0.2) is 84.9 Å². The summed E-state index contributed by atoms with van der Waals surface area (Å²) in [6, 6.07) is 26.8. The van der Waals surface area contributed by atoms with Crippen LogP contribution in [0.5, 0.6) is 0 Å². The highest BCUT2D eigenvalue weighted by atomic mass is 35.5. The van der Waals surface area contributed by atoms with E-state index in [9.17, 15) is 4.79 Å². The van der Waals surface area contributed by atoms with E-state index in [1.54, 1.807) is 0 Å². The van der Waals surface area contributed by atoms with Crippen molar-refractivity contribution in [3.05, 3.63) is 107 Å². The Kier molecular flexibility index (Phi) is 7.03. The highest BCUT2D eigenvalue weighted by Crippen LogP contribution is 2.13. The molecule has 0 fully saturated rings. The molecule has 0 spiro atoms. The predicted molar refractivity (Wildman–Crippen MR) is 108 cm³/mol. The van der Waals surface area contributed by atoms with Gasteiger partial charge in [0.25, 0.3) is 0 Å². The van der Waals surface area contributed by atoms with E-state index in [0.717, 1.165) is 16.7 Å². The molecule has 1 N–H and O–H groups in total. The second-order valence-electron chi connectivity index (χ2n) is 6.34. The van der Waals surface area contributed by atoms with Crippen molar-refractivity contribution in [2.75, 3.05) is 0 Å². The molecule has 0 radical (unpaired) electrons. The zero-order chi connectivity index (χ0) is 18.9. The lowest BCUT2D eigenvalue weighted by Crippen LogP contribution is -2.39. The third kappa shape index (κ3) is 6.24. The maximum Gasteiger partial charge on any atom is 0.323 e. The molecule has 0 bridgehead atoms. The molecule has 0 aliphatic rings. The molecular weight excluding hydrogens is 358 g/mol. The summed E-state index contributed by atoms with van der Waals surface area (Å²) >= 11 is 5.96. The summed E-state index contributed by atoms with van der Waals surface area (Å²) in [6.45, 7) is 0.864. The molecule has 0 saturated heterocycles. The topological polar surface area (TPSA) is 38.3 Å². The van der Waals surface area contributed by atoms with Crippen LogP contribution in [-0.4, -0.2) is 12.0 Å². The Morgan fingerprint density at radius 1 is 0.815 bits per heavy atom. The van der Waals surface area contributed by atoms with Crippen molar-refractivity contribution in [3.8, 4) is 0 Å². The number of nitrogens with one attached hydrogen (secondary N) is 1. The number of rotatable bonds is 8. The molecule has 1 unspecified atom stereocenters. The fourth-order valence-corrected chi connectivity index (χ4v) is 2.89. The first-order valence-corrected chi connectivity index (χ1v) is 9.31. The molecule has 138 valence electrons. The third-order valence-electron chi connectivity index (χ3n) is 4.26. The van der Waals surface area contributed by atoms with Gasteiger partial charge in [0.2, 0.25) is 0 Å². The summed E-state index contributed by atoms with van der Waals surface area (Å²) in [5.74, 6) is -0.260. The Balaban J connectivity index is 1.65. The van der Waals surface area contributed by atoms with Gasteiger partial charge in [0, 0.05) is 11.6 Å². The Morgan fingerprint density at radius 3 is 2.04 bits per heavy atom. The largest absolute Gasteiger partial charge is 0.460 e. The van der Waals surface area contributed by atoms with Gasteiger partial charge in [-0.3, -0.25) is 4.79 Å². The lowest BCUT2D eigenvalue weighted by molar-refractivity contribution is -0.147. The highest BCUT2D eigenvalue weighted by Gasteiger charge is 2.20. The first-order valence-electron chi connectivity index (χ1n) is 8.93. The third-order valence-corrected chi connectivity index (χ3v) is 4.51. The highest BCUT2D eigenvalue weighted by molar-refractivity contribution is 6.30. The summed E-state index contributed by atoms with van der Waals surface area (Å²) in [5.41, 5.74) is 3.12. The number of benzene rings is 3. The summed E-state index contributed by atoms with van der Waals surface area (Å²) in [6.07, 6.45) is 0.539. The predicted octanol–water partition coefficient (Wildman–Crippen LogP) is 4.78. The normalized spacial score (nSPS) is 11.7. The van der Waals surface area contributed by atoms with Gasteiger partial charge in [-0.05, 0) is 35.2 Å². The van der Waals surface area contributed by atoms with E-state index in [4.69, 9.17) is 16.3 Å². The van der Waals surface area contributed by atoms with Gasteiger partial charge in [0.1, 0.15) is 12.6 Å². The Morgan fingerprint density at radius 2 is 1.41 bits per heavy atom. The van der Waals surface area contributed by atoms with Gasteiger partial charge in [-0.1, -0.05) is 84.4 Å². The molecular formula is C23H22ClNO2. The van der Waals surface area contributed by atoms with E-state index in [2.05, 4.69) is 5.32 Å². The van der Waals surface area contributed by atoms with Crippen LogP contribution in [0.4, 0.5) is 0 Å². The summed E-state index contributed by atoms with van der Waals surface area (Å²) in [4.78, 5) is 12.7. The van der Waals surface area contributed by atoms with Gasteiger partial charge in [0.15, 0.2) is 0 Å². The molecule has 0 aromatic heterocycles. The van der Waals surface area contributed by atoms with Crippen molar-refractivity contribution < 1.29 is 9.53 Å². The first-order chi connectivity index (χ1) is 13.2. The lowest BCUT2D eigenvalue weighted by atomic mass is 10.1. The number of ether oxygens (including phenoxy) is 1. The maximum atomic E-state index is 12.7. The Hall–Kier alpha value is -2.62. The quantitative estimate of drug-likeness (QED) is 0.572. The second-order valence-corrected chi connectivity index (χ2v) is 6.78. The zero-order valence-corrected chi connectivity index (χ0v) is 15.7. The molecule has 3 aromatic rings. The lowest BCUT2D eigenvalue weighted by Gasteiger charge is -2.18. The smallest absolute Gasteiger partial charge is 0.323 e. The molecule has 0 saturated carbocycles. The van der Waals surface area contributed by atoms with Gasteiger partial charge in [-0.15, -0.1) is 0 Å². The van der Waals surface area contributed by atoms with E-state index < -0.39 is 6.04 Å². The van der Waals surface area contributed by atoms with Crippen molar-refractivity contribution in [3.63, 3.8) is 0 Å². The van der Waals surface area contributed by atoms with Crippen LogP contribution in [0, 0.1) is 0 Å². The minimum atomic E-state index is -0.435. The van der Waals surface area contributed by atoms with Crippen LogP contribution >= 0.6 is 11.6 Å². The van der Waals surface area contributed by atoms with Crippen molar-refractivity contribution in [1.82, 2.24) is 5.32 Å². The molecule has 3 rings (SSSR count). The summed E-state index contributed by atoms with van der Waals surface area (Å²) < 4.78 is 5.55. The minimum absolute atomic E-state index is 0.260. The monoisotopic (exact) mass is 379 g/mol. The molecule has 0 aliphatic carbocycles. The molecule has 1 atom stereocenters. The molecule has 0 heterocycles. The fourth-order valence-electron chi connectivity index (χ4n) is 2.76. The van der Waals surface area contributed by atoms with E-state index in [-0.39, 0.29) is 12.6 Å². The number of halogens is 1. The van der Waals surface area contributed by atoms with Gasteiger partial charge < -0.3 is 10.1 Å². The number of carbonyl (C=O) groups excluding carboxylic acids is 1. The van der Waals surface area contributed by atoms with E-state index in [1.807, 2.05) is 84.9 Å². The molecule has 0 aliphatic heterocycles. The van der Waals surface area contributed by atoms with Crippen LogP contribution < -0.4 is 5.32 Å². The van der Waals surface area contributed by atoms with Crippen molar-refractivity contribution >= 4 is 17.6 Å². The van der Waals surface area contributed by atoms with E-state index in [1.165, 1.54) is 0 Å². The Bertz CT molecular complexity index is 835. The SMILES string of the molecule is O=C(OCc1ccccc1)C(Cc1ccc(Cl)cc1)NCc1ccccc1. The number of carbonyl (C=O) groups is 1. The van der Waals surface area contributed by atoms with Crippen LogP contribution in [0.2, 0.25) is 5.02 Å². The van der Waals surface area contributed by atoms with E-state index in [0.29, 0.717) is 18.0 Å². The number of hydrogen-bond acceptors (Lipinski definition) is 3. The molecule has 0 amide bonds. The van der Waals surface area contributed by atoms with Gasteiger partial charge >= 0.3 is 5.97 Å².